The van der Waals surface area contributed by atoms with Crippen molar-refractivity contribution in [2.24, 2.45) is 4.99 Å². The Kier molecular flexibility index (Phi) is 5.21. The van der Waals surface area contributed by atoms with Gasteiger partial charge in [-0.1, -0.05) is 30.3 Å². The number of benzene rings is 2. The Bertz CT molecular complexity index is 1000. The minimum absolute atomic E-state index is 0.160. The number of nitrogens with zero attached hydrogens (tertiary/aromatic N) is 3. The summed E-state index contributed by atoms with van der Waals surface area (Å²) >= 11 is 1.63. The average Bonchev–Trinajstić information content (AvgIpc) is 3.21. The number of hydrogen-bond acceptors (Lipinski definition) is 7. The number of carbonyl (C=O) groups excluding carboxylic acids is 1. The minimum Gasteiger partial charge on any atom is -0.467 e. The molecule has 4 rings (SSSR count). The number of nitrogens with one attached hydrogen (secondary N) is 2. The van der Waals surface area contributed by atoms with E-state index in [1.165, 1.54) is 7.11 Å². The maximum absolute atomic E-state index is 11.9. The van der Waals surface area contributed by atoms with E-state index in [1.807, 2.05) is 24.3 Å². The maximum atomic E-state index is 11.9. The van der Waals surface area contributed by atoms with E-state index in [9.17, 15) is 4.79 Å². The molecule has 3 aromatic rings. The van der Waals surface area contributed by atoms with Crippen molar-refractivity contribution in [3.63, 3.8) is 0 Å². The Balaban J connectivity index is 1.72. The van der Waals surface area contributed by atoms with Crippen LogP contribution in [0, 0.1) is 0 Å². The molecule has 0 radical (unpaired) electrons. The molecule has 1 aliphatic rings. The van der Waals surface area contributed by atoms with Gasteiger partial charge in [0, 0.05) is 0 Å². The zero-order valence-corrected chi connectivity index (χ0v) is 16.4. The molecule has 28 heavy (non-hydrogen) atoms. The number of carbonyl (C=O) groups is 1. The van der Waals surface area contributed by atoms with Gasteiger partial charge >= 0.3 is 5.97 Å². The Hall–Kier alpha value is -3.00. The third kappa shape index (κ3) is 3.55. The highest BCUT2D eigenvalue weighted by atomic mass is 32.2. The van der Waals surface area contributed by atoms with Crippen LogP contribution in [0.1, 0.15) is 18.5 Å². The van der Waals surface area contributed by atoms with Crippen LogP contribution in [0.4, 0.5) is 5.69 Å². The van der Waals surface area contributed by atoms with Crippen LogP contribution in [0.3, 0.4) is 0 Å². The number of esters is 1. The number of ether oxygens (including phenoxy) is 1. The quantitative estimate of drug-likeness (QED) is 0.521. The number of aromatic nitrogens is 2. The normalized spacial score (nSPS) is 17.9. The van der Waals surface area contributed by atoms with Crippen molar-refractivity contribution in [2.45, 2.75) is 19.0 Å². The van der Waals surface area contributed by atoms with E-state index in [-0.39, 0.29) is 12.0 Å². The first kappa shape index (κ1) is 18.4. The first-order valence-corrected chi connectivity index (χ1v) is 9.90. The molecule has 1 aliphatic heterocycles. The lowest BCUT2D eigenvalue weighted by Crippen LogP contribution is -2.47. The predicted molar refractivity (Wildman–Crippen MR) is 112 cm³/mol. The first-order chi connectivity index (χ1) is 13.7. The number of amidine groups is 1. The van der Waals surface area contributed by atoms with Crippen molar-refractivity contribution in [2.75, 3.05) is 17.3 Å². The number of imidazole rings is 1. The third-order valence-electron chi connectivity index (χ3n) is 4.62. The molecule has 2 N–H and O–H groups in total. The lowest BCUT2D eigenvalue weighted by atomic mass is 10.0. The summed E-state index contributed by atoms with van der Waals surface area (Å²) in [5, 5.41) is 3.25. The Labute approximate surface area is 167 Å². The van der Waals surface area contributed by atoms with Crippen LogP contribution in [0.2, 0.25) is 0 Å². The SMILES string of the molecule is COC(=O)C(C)NC1=NCSN(c2ccc3nc[nH]c3c2)C1c1ccccc1. The second kappa shape index (κ2) is 7.93. The van der Waals surface area contributed by atoms with Crippen LogP contribution < -0.4 is 9.62 Å². The van der Waals surface area contributed by atoms with E-state index in [2.05, 4.69) is 48.8 Å². The summed E-state index contributed by atoms with van der Waals surface area (Å²) in [6.45, 7) is 1.78. The molecule has 2 unspecified atom stereocenters. The number of methoxy groups -OCH3 is 1. The van der Waals surface area contributed by atoms with Crippen LogP contribution in [-0.4, -0.2) is 40.8 Å². The van der Waals surface area contributed by atoms with Crippen LogP contribution in [0.5, 0.6) is 0 Å². The molecule has 0 fully saturated rings. The number of anilines is 1. The highest BCUT2D eigenvalue weighted by Crippen LogP contribution is 2.38. The number of fused-ring (bicyclic) bond motifs is 1. The molecule has 2 atom stereocenters. The maximum Gasteiger partial charge on any atom is 0.328 e. The van der Waals surface area contributed by atoms with Crippen molar-refractivity contribution in [1.82, 2.24) is 15.3 Å². The monoisotopic (exact) mass is 395 g/mol. The van der Waals surface area contributed by atoms with E-state index >= 15 is 0 Å². The van der Waals surface area contributed by atoms with E-state index in [0.29, 0.717) is 5.88 Å². The summed E-state index contributed by atoms with van der Waals surface area (Å²) in [6.07, 6.45) is 1.69. The van der Waals surface area contributed by atoms with Crippen molar-refractivity contribution >= 4 is 40.5 Å². The second-order valence-electron chi connectivity index (χ2n) is 6.43. The van der Waals surface area contributed by atoms with Crippen LogP contribution in [-0.2, 0) is 9.53 Å². The first-order valence-electron chi connectivity index (χ1n) is 8.96. The van der Waals surface area contributed by atoms with Gasteiger partial charge in [0.1, 0.15) is 23.8 Å². The van der Waals surface area contributed by atoms with Crippen molar-refractivity contribution in [3.8, 4) is 0 Å². The Morgan fingerprint density at radius 2 is 2.14 bits per heavy atom. The molecule has 0 amide bonds. The summed E-state index contributed by atoms with van der Waals surface area (Å²) in [5.41, 5.74) is 4.02. The largest absolute Gasteiger partial charge is 0.467 e. The van der Waals surface area contributed by atoms with Gasteiger partial charge in [-0.3, -0.25) is 9.30 Å². The minimum atomic E-state index is -0.491. The second-order valence-corrected chi connectivity index (χ2v) is 7.34. The fraction of sp³-hybridized carbons (Fsp3) is 0.250. The van der Waals surface area contributed by atoms with Gasteiger partial charge in [-0.15, -0.1) is 0 Å². The third-order valence-corrected chi connectivity index (χ3v) is 5.56. The van der Waals surface area contributed by atoms with E-state index in [4.69, 9.17) is 4.74 Å². The summed E-state index contributed by atoms with van der Waals surface area (Å²) in [6, 6.07) is 15.6. The molecule has 2 aromatic carbocycles. The smallest absolute Gasteiger partial charge is 0.328 e. The fourth-order valence-electron chi connectivity index (χ4n) is 3.23. The van der Waals surface area contributed by atoms with E-state index < -0.39 is 6.04 Å². The van der Waals surface area contributed by atoms with Gasteiger partial charge in [0.2, 0.25) is 0 Å². The number of hydrogen-bond donors (Lipinski definition) is 2. The zero-order valence-electron chi connectivity index (χ0n) is 15.6. The van der Waals surface area contributed by atoms with Crippen LogP contribution >= 0.6 is 11.9 Å². The van der Waals surface area contributed by atoms with Gasteiger partial charge in [0.15, 0.2) is 0 Å². The molecule has 0 bridgehead atoms. The summed E-state index contributed by atoms with van der Waals surface area (Å²) in [5.74, 6) is 0.978. The van der Waals surface area contributed by atoms with Crippen LogP contribution in [0.25, 0.3) is 11.0 Å². The number of aliphatic imine (C=N–C) groups is 1. The molecule has 0 saturated heterocycles. The van der Waals surface area contributed by atoms with Crippen molar-refractivity contribution < 1.29 is 9.53 Å². The molecular weight excluding hydrogens is 374 g/mol. The molecule has 1 aromatic heterocycles. The molecule has 0 spiro atoms. The molecule has 0 saturated carbocycles. The lowest BCUT2D eigenvalue weighted by molar-refractivity contribution is -0.142. The predicted octanol–water partition coefficient (Wildman–Crippen LogP) is 3.28. The van der Waals surface area contributed by atoms with Crippen molar-refractivity contribution in [1.29, 1.82) is 0 Å². The van der Waals surface area contributed by atoms with Crippen molar-refractivity contribution in [3.05, 3.63) is 60.4 Å². The van der Waals surface area contributed by atoms with Gasteiger partial charge in [-0.2, -0.15) is 0 Å². The molecule has 8 heteroatoms. The fourth-order valence-corrected chi connectivity index (χ4v) is 4.18. The van der Waals surface area contributed by atoms with E-state index in [1.54, 1.807) is 25.2 Å². The Morgan fingerprint density at radius 1 is 1.32 bits per heavy atom. The standard InChI is InChI=1S/C20H21N5O2S/c1-13(20(26)27-2)24-19-18(14-6-4-3-5-7-14)25(28-12-23-19)15-8-9-16-17(10-15)22-11-21-16/h3-11,13,18H,12H2,1-2H3,(H,21,22)(H,23,24). The molecule has 2 heterocycles. The van der Waals surface area contributed by atoms with Gasteiger partial charge in [0.05, 0.1) is 30.2 Å². The van der Waals surface area contributed by atoms with Gasteiger partial charge in [0.25, 0.3) is 0 Å². The molecule has 7 nitrogen and oxygen atoms in total. The van der Waals surface area contributed by atoms with Gasteiger partial charge in [-0.25, -0.2) is 9.78 Å². The van der Waals surface area contributed by atoms with Gasteiger partial charge < -0.3 is 15.0 Å². The van der Waals surface area contributed by atoms with Gasteiger partial charge in [-0.05, 0) is 42.6 Å². The molecule has 0 aliphatic carbocycles. The summed E-state index contributed by atoms with van der Waals surface area (Å²) in [7, 11) is 1.39. The van der Waals surface area contributed by atoms with E-state index in [0.717, 1.165) is 28.1 Å². The summed E-state index contributed by atoms with van der Waals surface area (Å²) < 4.78 is 7.08. The number of H-pyrrole nitrogens is 1. The Morgan fingerprint density at radius 3 is 2.93 bits per heavy atom. The summed E-state index contributed by atoms with van der Waals surface area (Å²) in [4.78, 5) is 24.1. The molecular formula is C20H21N5O2S. The highest BCUT2D eigenvalue weighted by Gasteiger charge is 2.32. The topological polar surface area (TPSA) is 82.6 Å². The lowest BCUT2D eigenvalue weighted by Gasteiger charge is -2.37. The molecule has 144 valence electrons. The number of aromatic amines is 1. The zero-order chi connectivity index (χ0) is 19.5. The highest BCUT2D eigenvalue weighted by molar-refractivity contribution is 8.00. The average molecular weight is 395 g/mol. The van der Waals surface area contributed by atoms with Crippen LogP contribution in [0.15, 0.2) is 59.9 Å². The number of rotatable bonds is 4.